The minimum Gasteiger partial charge on any atom is -0.393 e. The van der Waals surface area contributed by atoms with Crippen LogP contribution in [-0.4, -0.2) is 17.0 Å². The zero-order chi connectivity index (χ0) is 14.6. The molecule has 2 nitrogen and oxygen atoms in total. The lowest BCUT2D eigenvalue weighted by molar-refractivity contribution is -0.154. The number of hydrogen-bond donors (Lipinski definition) is 1. The largest absolute Gasteiger partial charge is 0.393 e. The third kappa shape index (κ3) is 1.22. The van der Waals surface area contributed by atoms with Gasteiger partial charge in [-0.3, -0.25) is 4.79 Å². The van der Waals surface area contributed by atoms with E-state index >= 15 is 0 Å². The highest BCUT2D eigenvalue weighted by molar-refractivity contribution is 5.87. The van der Waals surface area contributed by atoms with E-state index in [4.69, 9.17) is 0 Å². The van der Waals surface area contributed by atoms with Gasteiger partial charge < -0.3 is 5.11 Å². The van der Waals surface area contributed by atoms with Gasteiger partial charge in [-0.25, -0.2) is 0 Å². The van der Waals surface area contributed by atoms with E-state index in [-0.39, 0.29) is 16.9 Å². The maximum atomic E-state index is 12.4. The van der Waals surface area contributed by atoms with Crippen LogP contribution in [0, 0.1) is 39.9 Å². The van der Waals surface area contributed by atoms with Gasteiger partial charge in [-0.05, 0) is 74.0 Å². The van der Waals surface area contributed by atoms with Gasteiger partial charge in [0.25, 0.3) is 0 Å². The summed E-state index contributed by atoms with van der Waals surface area (Å²) >= 11 is 0. The first-order chi connectivity index (χ1) is 9.93. The van der Waals surface area contributed by atoms with Crippen LogP contribution in [0.15, 0.2) is 0 Å². The highest BCUT2D eigenvalue weighted by Gasteiger charge is 2.77. The van der Waals surface area contributed by atoms with E-state index in [1.165, 1.54) is 25.7 Å². The number of carbonyl (C=O) groups is 1. The molecule has 5 fully saturated rings. The van der Waals surface area contributed by atoms with E-state index in [1.54, 1.807) is 0 Å². The normalized spacial score (nSPS) is 64.5. The quantitative estimate of drug-likeness (QED) is 0.740. The van der Waals surface area contributed by atoms with Gasteiger partial charge in [-0.15, -0.1) is 0 Å². The van der Waals surface area contributed by atoms with Gasteiger partial charge in [-0.2, -0.15) is 0 Å². The maximum absolute atomic E-state index is 12.4. The molecular formula is C19H28O2. The molecule has 116 valence electrons. The van der Waals surface area contributed by atoms with Crippen molar-refractivity contribution in [3.63, 3.8) is 0 Å². The Morgan fingerprint density at radius 1 is 1.10 bits per heavy atom. The van der Waals surface area contributed by atoms with E-state index in [9.17, 15) is 9.90 Å². The minimum absolute atomic E-state index is 0.0523. The Kier molecular flexibility index (Phi) is 2.23. The smallest absolute Gasteiger partial charge is 0.139 e. The summed E-state index contributed by atoms with van der Waals surface area (Å²) in [6, 6.07) is 0. The minimum atomic E-state index is -0.0886. The van der Waals surface area contributed by atoms with Crippen molar-refractivity contribution in [1.82, 2.24) is 0 Å². The number of aliphatic hydroxyl groups excluding tert-OH is 1. The Balaban J connectivity index is 1.57. The molecule has 0 unspecified atom stereocenters. The highest BCUT2D eigenvalue weighted by Crippen LogP contribution is 2.81. The molecule has 5 aliphatic rings. The molecule has 0 saturated heterocycles. The molecule has 0 aromatic carbocycles. The van der Waals surface area contributed by atoms with Gasteiger partial charge in [0.2, 0.25) is 0 Å². The summed E-state index contributed by atoms with van der Waals surface area (Å²) in [5.41, 5.74) is 0.598. The molecule has 0 bridgehead atoms. The van der Waals surface area contributed by atoms with Gasteiger partial charge in [0, 0.05) is 17.3 Å². The number of Topliss-reactive ketones (excluding diaryl/α,β-unsaturated/α-hetero) is 1. The van der Waals surface area contributed by atoms with E-state index in [1.807, 2.05) is 0 Å². The van der Waals surface area contributed by atoms with Crippen LogP contribution >= 0.6 is 0 Å². The summed E-state index contributed by atoms with van der Waals surface area (Å²) in [5.74, 6) is 3.28. The van der Waals surface area contributed by atoms with E-state index < -0.39 is 0 Å². The fraction of sp³-hybridized carbons (Fsp3) is 0.947. The summed E-state index contributed by atoms with van der Waals surface area (Å²) < 4.78 is 0. The molecule has 5 aliphatic carbocycles. The molecule has 2 heteroatoms. The number of hydrogen-bond acceptors (Lipinski definition) is 2. The topological polar surface area (TPSA) is 37.3 Å². The average Bonchev–Trinajstić information content (AvgIpc) is 3.01. The zero-order valence-corrected chi connectivity index (χ0v) is 13.4. The Labute approximate surface area is 127 Å². The van der Waals surface area contributed by atoms with Gasteiger partial charge in [0.1, 0.15) is 5.78 Å². The molecule has 1 N–H and O–H groups in total. The summed E-state index contributed by atoms with van der Waals surface area (Å²) in [4.78, 5) is 12.4. The van der Waals surface area contributed by atoms with Crippen LogP contribution in [0.3, 0.4) is 0 Å². The van der Waals surface area contributed by atoms with E-state index in [0.717, 1.165) is 37.5 Å². The van der Waals surface area contributed by atoms with Crippen LogP contribution in [0.1, 0.15) is 65.2 Å². The molecule has 0 aromatic rings. The van der Waals surface area contributed by atoms with Crippen LogP contribution in [0.2, 0.25) is 0 Å². The van der Waals surface area contributed by atoms with Gasteiger partial charge in [-0.1, -0.05) is 13.8 Å². The predicted molar refractivity (Wildman–Crippen MR) is 80.6 cm³/mol. The Bertz CT molecular complexity index is 528. The van der Waals surface area contributed by atoms with Crippen molar-refractivity contribution in [1.29, 1.82) is 0 Å². The number of carbonyl (C=O) groups excluding carboxylic acids is 1. The highest BCUT2D eigenvalue weighted by atomic mass is 16.3. The van der Waals surface area contributed by atoms with Crippen LogP contribution in [-0.2, 0) is 4.79 Å². The molecule has 0 amide bonds. The van der Waals surface area contributed by atoms with Crippen LogP contribution in [0.5, 0.6) is 0 Å². The number of ketones is 1. The standard InChI is InChI=1S/C19H28O2/c1-17-7-6-14-12(13(17)3-4-15(17)20)9-16(21)19-10-11(19)5-8-18(14,19)2/h11-14,16,21H,3-10H2,1-2H3/t11-,12-,13+,14-,16+,17-,18+,19+/m0/s1. The SMILES string of the molecule is C[C@]12CC[C@H]3[C@@H](C[C@@H](O)[C@@]45C[C@@H]4CC[C@]35C)[C@H]1CCC2=O. The van der Waals surface area contributed by atoms with Crippen molar-refractivity contribution in [2.75, 3.05) is 0 Å². The second-order valence-electron chi connectivity index (χ2n) is 9.44. The number of fused-ring (bicyclic) bond motifs is 4. The lowest BCUT2D eigenvalue weighted by atomic mass is 9.46. The second-order valence-corrected chi connectivity index (χ2v) is 9.44. The van der Waals surface area contributed by atoms with Crippen molar-refractivity contribution in [3.05, 3.63) is 0 Å². The number of aliphatic hydroxyl groups is 1. The fourth-order valence-corrected chi connectivity index (χ4v) is 8.08. The molecule has 0 aliphatic heterocycles. The molecular weight excluding hydrogens is 260 g/mol. The molecule has 21 heavy (non-hydrogen) atoms. The molecule has 5 rings (SSSR count). The van der Waals surface area contributed by atoms with Crippen LogP contribution < -0.4 is 0 Å². The Morgan fingerprint density at radius 3 is 2.67 bits per heavy atom. The lowest BCUT2D eigenvalue weighted by Gasteiger charge is -2.59. The van der Waals surface area contributed by atoms with Crippen molar-refractivity contribution in [2.45, 2.75) is 71.3 Å². The second kappa shape index (κ2) is 3.58. The monoisotopic (exact) mass is 288 g/mol. The summed E-state index contributed by atoms with van der Waals surface area (Å²) in [7, 11) is 0. The summed E-state index contributed by atoms with van der Waals surface area (Å²) in [6.07, 6.45) is 9.10. The molecule has 1 spiro atoms. The van der Waals surface area contributed by atoms with E-state index in [0.29, 0.717) is 23.0 Å². The molecule has 0 aromatic heterocycles. The molecule has 5 saturated carbocycles. The Morgan fingerprint density at radius 2 is 1.90 bits per heavy atom. The fourth-order valence-electron chi connectivity index (χ4n) is 8.08. The van der Waals surface area contributed by atoms with Crippen molar-refractivity contribution in [3.8, 4) is 0 Å². The average molecular weight is 288 g/mol. The molecule has 0 radical (unpaired) electrons. The van der Waals surface area contributed by atoms with Crippen LogP contribution in [0.25, 0.3) is 0 Å². The van der Waals surface area contributed by atoms with Gasteiger partial charge >= 0.3 is 0 Å². The van der Waals surface area contributed by atoms with Crippen molar-refractivity contribution >= 4 is 5.78 Å². The summed E-state index contributed by atoms with van der Waals surface area (Å²) in [5, 5.41) is 11.0. The van der Waals surface area contributed by atoms with Crippen molar-refractivity contribution in [2.24, 2.45) is 39.9 Å². The zero-order valence-electron chi connectivity index (χ0n) is 13.4. The van der Waals surface area contributed by atoms with E-state index in [2.05, 4.69) is 13.8 Å². The first-order valence-electron chi connectivity index (χ1n) is 9.15. The number of rotatable bonds is 0. The lowest BCUT2D eigenvalue weighted by Crippen LogP contribution is -2.56. The Hall–Kier alpha value is -0.370. The maximum Gasteiger partial charge on any atom is 0.139 e. The molecule has 0 heterocycles. The predicted octanol–water partition coefficient (Wildman–Crippen LogP) is 3.57. The molecule has 8 atom stereocenters. The first-order valence-corrected chi connectivity index (χ1v) is 9.15. The van der Waals surface area contributed by atoms with Crippen molar-refractivity contribution < 1.29 is 9.90 Å². The van der Waals surface area contributed by atoms with Gasteiger partial charge in [0.05, 0.1) is 6.10 Å². The first kappa shape index (κ1) is 13.1. The van der Waals surface area contributed by atoms with Gasteiger partial charge in [0.15, 0.2) is 0 Å². The van der Waals surface area contributed by atoms with Crippen LogP contribution in [0.4, 0.5) is 0 Å². The third-order valence-corrected chi connectivity index (χ3v) is 9.28. The summed E-state index contributed by atoms with van der Waals surface area (Å²) in [6.45, 7) is 4.73. The third-order valence-electron chi connectivity index (χ3n) is 9.28.